The van der Waals surface area contributed by atoms with Gasteiger partial charge in [0.05, 0.1) is 0 Å². The summed E-state index contributed by atoms with van der Waals surface area (Å²) in [4.78, 5) is 11.9. The first-order chi connectivity index (χ1) is 8.06. The number of aryl methyl sites for hydroxylation is 1. The molecule has 1 aromatic heterocycles. The Balaban J connectivity index is 2.58. The number of alkyl halides is 1. The van der Waals surface area contributed by atoms with Crippen molar-refractivity contribution in [3.63, 3.8) is 0 Å². The highest BCUT2D eigenvalue weighted by Gasteiger charge is 2.25. The molecule has 96 valence electrons. The first kappa shape index (κ1) is 14.2. The SMILES string of the molecule is CCC(CC)(CBr)CNC(=O)c1ccn(C)n1. The molecule has 1 heterocycles. The number of halogens is 1. The summed E-state index contributed by atoms with van der Waals surface area (Å²) in [5.74, 6) is -0.0992. The van der Waals surface area contributed by atoms with Gasteiger partial charge in [-0.05, 0) is 24.3 Å². The first-order valence-corrected chi connectivity index (χ1v) is 7.03. The molecule has 0 aromatic carbocycles. The quantitative estimate of drug-likeness (QED) is 0.820. The number of nitrogens with one attached hydrogen (secondary N) is 1. The van der Waals surface area contributed by atoms with Crippen LogP contribution in [0.1, 0.15) is 37.2 Å². The van der Waals surface area contributed by atoms with Crippen molar-refractivity contribution in [2.24, 2.45) is 12.5 Å². The van der Waals surface area contributed by atoms with Crippen molar-refractivity contribution < 1.29 is 4.79 Å². The molecule has 0 radical (unpaired) electrons. The second kappa shape index (κ2) is 6.19. The number of hydrogen-bond donors (Lipinski definition) is 1. The van der Waals surface area contributed by atoms with Gasteiger partial charge in [-0.25, -0.2) is 0 Å². The van der Waals surface area contributed by atoms with E-state index in [1.807, 2.05) is 0 Å². The van der Waals surface area contributed by atoms with E-state index in [0.717, 1.165) is 18.2 Å². The van der Waals surface area contributed by atoms with Gasteiger partial charge in [0.25, 0.3) is 5.91 Å². The summed E-state index contributed by atoms with van der Waals surface area (Å²) >= 11 is 3.53. The molecule has 1 rings (SSSR count). The number of aromatic nitrogens is 2. The number of rotatable bonds is 6. The van der Waals surface area contributed by atoms with Gasteiger partial charge in [-0.1, -0.05) is 29.8 Å². The Morgan fingerprint density at radius 1 is 1.53 bits per heavy atom. The first-order valence-electron chi connectivity index (χ1n) is 5.90. The molecule has 5 heteroatoms. The van der Waals surface area contributed by atoms with Gasteiger partial charge in [0, 0.05) is 25.1 Å². The van der Waals surface area contributed by atoms with E-state index in [9.17, 15) is 4.79 Å². The van der Waals surface area contributed by atoms with E-state index in [4.69, 9.17) is 0 Å². The maximum absolute atomic E-state index is 11.9. The predicted molar refractivity (Wildman–Crippen MR) is 72.4 cm³/mol. The number of amides is 1. The van der Waals surface area contributed by atoms with E-state index in [-0.39, 0.29) is 11.3 Å². The number of hydrogen-bond acceptors (Lipinski definition) is 2. The molecular formula is C12H20BrN3O. The summed E-state index contributed by atoms with van der Waals surface area (Å²) in [6, 6.07) is 1.73. The standard InChI is InChI=1S/C12H20BrN3O/c1-4-12(5-2,8-13)9-14-11(17)10-6-7-16(3)15-10/h6-7H,4-5,8-9H2,1-3H3,(H,14,17). The third-order valence-corrected chi connectivity index (χ3v) is 4.54. The van der Waals surface area contributed by atoms with Crippen molar-refractivity contribution in [2.45, 2.75) is 26.7 Å². The van der Waals surface area contributed by atoms with Crippen LogP contribution in [0.25, 0.3) is 0 Å². The molecule has 0 aliphatic rings. The highest BCUT2D eigenvalue weighted by molar-refractivity contribution is 9.09. The minimum atomic E-state index is -0.0992. The second-order valence-electron chi connectivity index (χ2n) is 4.40. The maximum Gasteiger partial charge on any atom is 0.271 e. The summed E-state index contributed by atoms with van der Waals surface area (Å²) in [6.07, 6.45) is 3.85. The van der Waals surface area contributed by atoms with Gasteiger partial charge in [-0.3, -0.25) is 9.48 Å². The Hall–Kier alpha value is -0.840. The summed E-state index contributed by atoms with van der Waals surface area (Å²) in [6.45, 7) is 4.98. The molecule has 0 saturated heterocycles. The van der Waals surface area contributed by atoms with Crippen LogP contribution in [-0.2, 0) is 7.05 Å². The molecule has 0 bridgehead atoms. The summed E-state index contributed by atoms with van der Waals surface area (Å²) in [5.41, 5.74) is 0.618. The van der Waals surface area contributed by atoms with Crippen LogP contribution in [0.4, 0.5) is 0 Å². The molecule has 0 atom stereocenters. The number of carbonyl (C=O) groups excluding carboxylic acids is 1. The molecular weight excluding hydrogens is 282 g/mol. The molecule has 1 amide bonds. The van der Waals surface area contributed by atoms with Crippen LogP contribution < -0.4 is 5.32 Å². The minimum Gasteiger partial charge on any atom is -0.350 e. The monoisotopic (exact) mass is 301 g/mol. The summed E-state index contributed by atoms with van der Waals surface area (Å²) in [7, 11) is 1.80. The van der Waals surface area contributed by atoms with Gasteiger partial charge in [-0.15, -0.1) is 0 Å². The van der Waals surface area contributed by atoms with Gasteiger partial charge in [-0.2, -0.15) is 5.10 Å². The molecule has 1 N–H and O–H groups in total. The van der Waals surface area contributed by atoms with E-state index in [1.54, 1.807) is 24.0 Å². The van der Waals surface area contributed by atoms with Crippen LogP contribution >= 0.6 is 15.9 Å². The van der Waals surface area contributed by atoms with Gasteiger partial charge in [0.2, 0.25) is 0 Å². The van der Waals surface area contributed by atoms with Crippen molar-refractivity contribution in [2.75, 3.05) is 11.9 Å². The van der Waals surface area contributed by atoms with E-state index in [0.29, 0.717) is 12.2 Å². The van der Waals surface area contributed by atoms with Crippen LogP contribution in [0, 0.1) is 5.41 Å². The van der Waals surface area contributed by atoms with Crippen molar-refractivity contribution in [1.82, 2.24) is 15.1 Å². The fourth-order valence-electron chi connectivity index (χ4n) is 1.63. The average Bonchev–Trinajstić information content (AvgIpc) is 2.78. The fraction of sp³-hybridized carbons (Fsp3) is 0.667. The molecule has 4 nitrogen and oxygen atoms in total. The molecule has 17 heavy (non-hydrogen) atoms. The Labute approximate surface area is 111 Å². The minimum absolute atomic E-state index is 0.0992. The lowest BCUT2D eigenvalue weighted by molar-refractivity contribution is 0.0926. The van der Waals surface area contributed by atoms with E-state index in [2.05, 4.69) is 40.2 Å². The lowest BCUT2D eigenvalue weighted by atomic mass is 9.84. The second-order valence-corrected chi connectivity index (χ2v) is 4.96. The molecule has 0 saturated carbocycles. The van der Waals surface area contributed by atoms with E-state index in [1.165, 1.54) is 0 Å². The van der Waals surface area contributed by atoms with Crippen molar-refractivity contribution in [3.8, 4) is 0 Å². The van der Waals surface area contributed by atoms with Crippen molar-refractivity contribution in [1.29, 1.82) is 0 Å². The molecule has 0 fully saturated rings. The van der Waals surface area contributed by atoms with Crippen LogP contribution in [-0.4, -0.2) is 27.6 Å². The lowest BCUT2D eigenvalue weighted by Crippen LogP contribution is -2.38. The van der Waals surface area contributed by atoms with Crippen molar-refractivity contribution in [3.05, 3.63) is 18.0 Å². The molecule has 0 aliphatic heterocycles. The smallest absolute Gasteiger partial charge is 0.271 e. The maximum atomic E-state index is 11.9. The Kier molecular flexibility index (Phi) is 5.18. The largest absolute Gasteiger partial charge is 0.350 e. The van der Waals surface area contributed by atoms with Gasteiger partial charge in [0.1, 0.15) is 5.69 Å². The van der Waals surface area contributed by atoms with E-state index < -0.39 is 0 Å². The van der Waals surface area contributed by atoms with Crippen LogP contribution in [0.2, 0.25) is 0 Å². The zero-order valence-corrected chi connectivity index (χ0v) is 12.2. The third kappa shape index (κ3) is 3.56. The summed E-state index contributed by atoms with van der Waals surface area (Å²) in [5, 5.41) is 7.94. The van der Waals surface area contributed by atoms with Gasteiger partial charge < -0.3 is 5.32 Å². The van der Waals surface area contributed by atoms with Crippen molar-refractivity contribution >= 4 is 21.8 Å². The molecule has 0 spiro atoms. The van der Waals surface area contributed by atoms with Gasteiger partial charge >= 0.3 is 0 Å². The predicted octanol–water partition coefficient (Wildman–Crippen LogP) is 2.35. The zero-order valence-electron chi connectivity index (χ0n) is 10.7. The Morgan fingerprint density at radius 2 is 2.18 bits per heavy atom. The highest BCUT2D eigenvalue weighted by atomic mass is 79.9. The van der Waals surface area contributed by atoms with E-state index >= 15 is 0 Å². The normalized spacial score (nSPS) is 11.5. The summed E-state index contributed by atoms with van der Waals surface area (Å²) < 4.78 is 1.63. The Morgan fingerprint density at radius 3 is 2.59 bits per heavy atom. The lowest BCUT2D eigenvalue weighted by Gasteiger charge is -2.29. The third-order valence-electron chi connectivity index (χ3n) is 3.35. The zero-order chi connectivity index (χ0) is 12.9. The highest BCUT2D eigenvalue weighted by Crippen LogP contribution is 2.27. The fourth-order valence-corrected chi connectivity index (χ4v) is 2.62. The van der Waals surface area contributed by atoms with Crippen LogP contribution in [0.15, 0.2) is 12.3 Å². The Bertz CT molecular complexity index is 363. The average molecular weight is 302 g/mol. The number of nitrogens with zero attached hydrogens (tertiary/aromatic N) is 2. The molecule has 0 aliphatic carbocycles. The van der Waals surface area contributed by atoms with Crippen LogP contribution in [0.3, 0.4) is 0 Å². The number of carbonyl (C=O) groups is 1. The molecule has 1 aromatic rings. The topological polar surface area (TPSA) is 46.9 Å². The van der Waals surface area contributed by atoms with Gasteiger partial charge in [0.15, 0.2) is 0 Å². The molecule has 0 unspecified atom stereocenters. The van der Waals surface area contributed by atoms with Crippen LogP contribution in [0.5, 0.6) is 0 Å².